The molecule has 0 spiro atoms. The van der Waals surface area contributed by atoms with E-state index in [0.29, 0.717) is 37.0 Å². The number of aliphatic carboxylic acids is 1. The highest BCUT2D eigenvalue weighted by molar-refractivity contribution is 5.80. The van der Waals surface area contributed by atoms with E-state index in [1.54, 1.807) is 6.92 Å². The summed E-state index contributed by atoms with van der Waals surface area (Å²) >= 11 is 0. The Morgan fingerprint density at radius 2 is 1.79 bits per heavy atom. The highest BCUT2D eigenvalue weighted by Crippen LogP contribution is 2.29. The molecular weight excluding hydrogens is 430 g/mol. The van der Waals surface area contributed by atoms with Crippen LogP contribution in [0.25, 0.3) is 22.5 Å². The minimum Gasteiger partial charge on any atom is -0.481 e. The number of aromatic nitrogens is 7. The third-order valence-electron chi connectivity index (χ3n) is 5.73. The Bertz CT molecular complexity index is 1230. The van der Waals surface area contributed by atoms with E-state index in [-0.39, 0.29) is 0 Å². The fraction of sp³-hybridized carbons (Fsp3) is 0.360. The van der Waals surface area contributed by atoms with Crippen LogP contribution < -0.4 is 0 Å². The van der Waals surface area contributed by atoms with Gasteiger partial charge in [0.05, 0.1) is 12.5 Å². The van der Waals surface area contributed by atoms with Crippen molar-refractivity contribution in [2.24, 2.45) is 11.8 Å². The van der Waals surface area contributed by atoms with Gasteiger partial charge in [0.2, 0.25) is 0 Å². The third kappa shape index (κ3) is 5.54. The number of aryl methyl sites for hydroxylation is 1. The number of benzene rings is 2. The van der Waals surface area contributed by atoms with Gasteiger partial charge in [0.25, 0.3) is 0 Å². The van der Waals surface area contributed by atoms with E-state index in [2.05, 4.69) is 64.8 Å². The van der Waals surface area contributed by atoms with Crippen molar-refractivity contribution in [3.63, 3.8) is 0 Å². The summed E-state index contributed by atoms with van der Waals surface area (Å²) in [5.74, 6) is 1.51. The van der Waals surface area contributed by atoms with Crippen LogP contribution in [0.15, 0.2) is 48.5 Å². The molecule has 0 saturated heterocycles. The second-order valence-corrected chi connectivity index (χ2v) is 8.97. The second-order valence-electron chi connectivity index (χ2n) is 8.97. The highest BCUT2D eigenvalue weighted by atomic mass is 16.4. The molecule has 2 heterocycles. The first-order valence-corrected chi connectivity index (χ1v) is 11.5. The molecule has 4 rings (SSSR count). The number of carboxylic acid groups (broad SMARTS) is 1. The summed E-state index contributed by atoms with van der Waals surface area (Å²) in [6.45, 7) is 6.63. The molecule has 2 aromatic heterocycles. The summed E-state index contributed by atoms with van der Waals surface area (Å²) in [7, 11) is 0. The van der Waals surface area contributed by atoms with Crippen LogP contribution in [0.1, 0.15) is 44.4 Å². The van der Waals surface area contributed by atoms with Crippen LogP contribution in [-0.4, -0.2) is 46.5 Å². The zero-order chi connectivity index (χ0) is 24.1. The van der Waals surface area contributed by atoms with Gasteiger partial charge in [0.15, 0.2) is 11.6 Å². The predicted molar refractivity (Wildman–Crippen MR) is 128 cm³/mol. The molecule has 176 valence electrons. The lowest BCUT2D eigenvalue weighted by Crippen LogP contribution is -2.11. The lowest BCUT2D eigenvalue weighted by atomic mass is 9.98. The van der Waals surface area contributed by atoms with Crippen molar-refractivity contribution in [3.05, 3.63) is 65.7 Å². The number of aromatic amines is 1. The van der Waals surface area contributed by atoms with Gasteiger partial charge in [-0.05, 0) is 39.5 Å². The zero-order valence-electron chi connectivity index (χ0n) is 19.6. The molecule has 0 saturated carbocycles. The summed E-state index contributed by atoms with van der Waals surface area (Å²) in [5.41, 5.74) is 4.17. The number of nitrogens with one attached hydrogen (secondary N) is 1. The van der Waals surface area contributed by atoms with Crippen molar-refractivity contribution in [1.82, 2.24) is 35.4 Å². The SMILES string of the molecule is CC(C)Cc1nc(CCC(C)C(=O)O)nn1Cc1ccc(-c2ccccc2-c2nnn[nH]2)cc1. The highest BCUT2D eigenvalue weighted by Gasteiger charge is 2.16. The van der Waals surface area contributed by atoms with Gasteiger partial charge in [-0.25, -0.2) is 14.8 Å². The van der Waals surface area contributed by atoms with E-state index < -0.39 is 11.9 Å². The molecule has 1 unspecified atom stereocenters. The fourth-order valence-electron chi connectivity index (χ4n) is 3.82. The molecule has 9 heteroatoms. The molecule has 34 heavy (non-hydrogen) atoms. The molecule has 2 aromatic carbocycles. The summed E-state index contributed by atoms with van der Waals surface area (Å²) in [6.07, 6.45) is 1.89. The smallest absolute Gasteiger partial charge is 0.306 e. The lowest BCUT2D eigenvalue weighted by molar-refractivity contribution is -0.141. The number of rotatable bonds is 10. The zero-order valence-corrected chi connectivity index (χ0v) is 19.6. The van der Waals surface area contributed by atoms with E-state index >= 15 is 0 Å². The molecule has 9 nitrogen and oxygen atoms in total. The normalized spacial score (nSPS) is 12.2. The van der Waals surface area contributed by atoms with Crippen molar-refractivity contribution in [2.45, 2.75) is 46.6 Å². The van der Waals surface area contributed by atoms with Gasteiger partial charge in [-0.15, -0.1) is 5.10 Å². The first-order chi connectivity index (χ1) is 16.4. The quantitative estimate of drug-likeness (QED) is 0.367. The van der Waals surface area contributed by atoms with Crippen LogP contribution in [0.2, 0.25) is 0 Å². The van der Waals surface area contributed by atoms with Crippen molar-refractivity contribution < 1.29 is 9.90 Å². The summed E-state index contributed by atoms with van der Waals surface area (Å²) in [4.78, 5) is 15.9. The van der Waals surface area contributed by atoms with Gasteiger partial charge in [0.1, 0.15) is 5.82 Å². The number of nitrogens with zero attached hydrogens (tertiary/aromatic N) is 6. The maximum atomic E-state index is 11.1. The topological polar surface area (TPSA) is 122 Å². The van der Waals surface area contributed by atoms with Gasteiger partial charge < -0.3 is 5.11 Å². The molecule has 0 radical (unpaired) electrons. The third-order valence-corrected chi connectivity index (χ3v) is 5.73. The van der Waals surface area contributed by atoms with Crippen molar-refractivity contribution in [1.29, 1.82) is 0 Å². The Kier molecular flexibility index (Phi) is 7.10. The molecule has 0 amide bonds. The van der Waals surface area contributed by atoms with Crippen LogP contribution in [0.3, 0.4) is 0 Å². The molecule has 4 aromatic rings. The molecule has 0 aliphatic carbocycles. The Morgan fingerprint density at radius 1 is 1.06 bits per heavy atom. The number of hydrogen-bond acceptors (Lipinski definition) is 6. The number of H-pyrrole nitrogens is 1. The van der Waals surface area contributed by atoms with Gasteiger partial charge in [-0.2, -0.15) is 5.10 Å². The van der Waals surface area contributed by atoms with Crippen LogP contribution in [-0.2, 0) is 24.2 Å². The first-order valence-electron chi connectivity index (χ1n) is 11.5. The summed E-state index contributed by atoms with van der Waals surface area (Å²) < 4.78 is 1.95. The average molecular weight is 460 g/mol. The predicted octanol–water partition coefficient (Wildman–Crippen LogP) is 4.03. The molecule has 0 fully saturated rings. The van der Waals surface area contributed by atoms with Crippen LogP contribution in [0.4, 0.5) is 0 Å². The Morgan fingerprint density at radius 3 is 2.44 bits per heavy atom. The van der Waals surface area contributed by atoms with E-state index in [9.17, 15) is 4.79 Å². The standard InChI is InChI=1S/C25H29N7O2/c1-16(2)14-23-26-22(13-8-17(3)25(33)34)29-32(23)15-18-9-11-19(12-10-18)20-6-4-5-7-21(20)24-27-30-31-28-24/h4-7,9-12,16-17H,8,13-15H2,1-3H3,(H,33,34)(H,27,28,30,31). The average Bonchev–Trinajstić information content (AvgIpc) is 3.48. The first kappa shape index (κ1) is 23.3. The molecule has 0 aliphatic rings. The van der Waals surface area contributed by atoms with Crippen LogP contribution in [0, 0.1) is 11.8 Å². The number of carboxylic acids is 1. The van der Waals surface area contributed by atoms with Crippen LogP contribution >= 0.6 is 0 Å². The van der Waals surface area contributed by atoms with Crippen LogP contribution in [0.5, 0.6) is 0 Å². The van der Waals surface area contributed by atoms with Crippen molar-refractivity contribution in [2.75, 3.05) is 0 Å². The van der Waals surface area contributed by atoms with Gasteiger partial charge >= 0.3 is 5.97 Å². The van der Waals surface area contributed by atoms with E-state index in [4.69, 9.17) is 15.2 Å². The Labute approximate surface area is 198 Å². The summed E-state index contributed by atoms with van der Waals surface area (Å²) in [5, 5.41) is 28.1. The van der Waals surface area contributed by atoms with Crippen molar-refractivity contribution >= 4 is 5.97 Å². The molecule has 2 N–H and O–H groups in total. The summed E-state index contributed by atoms with van der Waals surface area (Å²) in [6, 6.07) is 16.4. The van der Waals surface area contributed by atoms with Crippen molar-refractivity contribution in [3.8, 4) is 22.5 Å². The Hall–Kier alpha value is -3.88. The second kappa shape index (κ2) is 10.4. The lowest BCUT2D eigenvalue weighted by Gasteiger charge is -2.10. The molecule has 1 atom stereocenters. The molecule has 0 aliphatic heterocycles. The molecular formula is C25H29N7O2. The molecule has 0 bridgehead atoms. The Balaban J connectivity index is 1.54. The van der Waals surface area contributed by atoms with E-state index in [1.807, 2.05) is 22.9 Å². The minimum absolute atomic E-state index is 0.413. The number of tetrazole rings is 1. The van der Waals surface area contributed by atoms with Gasteiger partial charge in [-0.1, -0.05) is 69.3 Å². The fourth-order valence-corrected chi connectivity index (χ4v) is 3.82. The van der Waals surface area contributed by atoms with E-state index in [0.717, 1.165) is 34.5 Å². The monoisotopic (exact) mass is 459 g/mol. The maximum Gasteiger partial charge on any atom is 0.306 e. The minimum atomic E-state index is -0.789. The number of carbonyl (C=O) groups is 1. The maximum absolute atomic E-state index is 11.1. The van der Waals surface area contributed by atoms with E-state index in [1.165, 1.54) is 0 Å². The van der Waals surface area contributed by atoms with Gasteiger partial charge in [-0.3, -0.25) is 4.79 Å². The largest absolute Gasteiger partial charge is 0.481 e. The number of hydrogen-bond donors (Lipinski definition) is 2. The van der Waals surface area contributed by atoms with Gasteiger partial charge in [0, 0.05) is 18.4 Å².